The van der Waals surface area contributed by atoms with E-state index in [1.807, 2.05) is 0 Å². The first-order valence-corrected chi connectivity index (χ1v) is 11.1. The highest BCUT2D eigenvalue weighted by Gasteiger charge is 2.28. The molecule has 0 spiro atoms. The van der Waals surface area contributed by atoms with E-state index in [4.69, 9.17) is 4.74 Å². The van der Waals surface area contributed by atoms with Crippen LogP contribution < -0.4 is 4.74 Å². The Hall–Kier alpha value is -3.18. The molecule has 0 saturated carbocycles. The van der Waals surface area contributed by atoms with E-state index in [1.54, 1.807) is 19.4 Å². The zero-order valence-electron chi connectivity index (χ0n) is 19.1. The molecule has 5 heteroatoms. The van der Waals surface area contributed by atoms with Crippen LogP contribution in [0.4, 0.5) is 0 Å². The Morgan fingerprint density at radius 1 is 1.22 bits per heavy atom. The average Bonchev–Trinajstić information content (AvgIpc) is 3.11. The quantitative estimate of drug-likeness (QED) is 0.521. The Kier molecular flexibility index (Phi) is 6.28. The summed E-state index contributed by atoms with van der Waals surface area (Å²) in [5, 5.41) is 9.45. The van der Waals surface area contributed by atoms with Gasteiger partial charge in [-0.25, -0.2) is 4.79 Å². The first kappa shape index (κ1) is 22.0. The van der Waals surface area contributed by atoms with Gasteiger partial charge in [0, 0.05) is 30.5 Å². The average molecular weight is 431 g/mol. The van der Waals surface area contributed by atoms with Crippen LogP contribution >= 0.6 is 0 Å². The molecule has 2 aromatic carbocycles. The number of ether oxygens (including phenoxy) is 1. The highest BCUT2D eigenvalue weighted by molar-refractivity contribution is 5.89. The highest BCUT2D eigenvalue weighted by Crippen LogP contribution is 2.40. The van der Waals surface area contributed by atoms with Crippen LogP contribution in [-0.2, 0) is 13.0 Å². The van der Waals surface area contributed by atoms with Gasteiger partial charge in [-0.15, -0.1) is 0 Å². The first-order valence-electron chi connectivity index (χ1n) is 11.1. The Morgan fingerprint density at radius 3 is 2.75 bits per heavy atom. The molecule has 32 heavy (non-hydrogen) atoms. The SMILES string of the molecule is COc1cc(C(C)C)ccc1-c1ccc2c(c1)CN(C)[C@H]2CCc1cnccc1C(=O)O. The lowest BCUT2D eigenvalue weighted by Gasteiger charge is -2.20. The fraction of sp³-hybridized carbons (Fsp3) is 0.333. The molecule has 0 saturated heterocycles. The van der Waals surface area contributed by atoms with Gasteiger partial charge in [0.1, 0.15) is 5.75 Å². The van der Waals surface area contributed by atoms with Crippen molar-refractivity contribution < 1.29 is 14.6 Å². The van der Waals surface area contributed by atoms with Gasteiger partial charge >= 0.3 is 5.97 Å². The summed E-state index contributed by atoms with van der Waals surface area (Å²) in [7, 11) is 3.85. The van der Waals surface area contributed by atoms with Crippen LogP contribution in [0.25, 0.3) is 11.1 Å². The fourth-order valence-corrected chi connectivity index (χ4v) is 4.66. The van der Waals surface area contributed by atoms with Gasteiger partial charge in [-0.3, -0.25) is 9.88 Å². The van der Waals surface area contributed by atoms with Gasteiger partial charge in [0.2, 0.25) is 0 Å². The number of hydrogen-bond donors (Lipinski definition) is 1. The molecule has 166 valence electrons. The summed E-state index contributed by atoms with van der Waals surface area (Å²) < 4.78 is 5.71. The molecule has 1 atom stereocenters. The predicted octanol–water partition coefficient (Wildman–Crippen LogP) is 5.70. The summed E-state index contributed by atoms with van der Waals surface area (Å²) in [6.07, 6.45) is 4.74. The van der Waals surface area contributed by atoms with Crippen LogP contribution in [0, 0.1) is 0 Å². The number of aryl methyl sites for hydroxylation is 1. The molecule has 3 aromatic rings. The minimum atomic E-state index is -0.898. The van der Waals surface area contributed by atoms with E-state index in [1.165, 1.54) is 22.9 Å². The molecule has 1 aromatic heterocycles. The summed E-state index contributed by atoms with van der Waals surface area (Å²) in [5.41, 5.74) is 7.28. The van der Waals surface area contributed by atoms with Crippen molar-refractivity contribution in [3.63, 3.8) is 0 Å². The van der Waals surface area contributed by atoms with Crippen molar-refractivity contribution in [3.05, 3.63) is 82.7 Å². The standard InChI is InChI=1S/C27H30N2O3/c1-17(2)18-5-9-23(26(14-18)32-4)19-6-8-22-21(13-19)16-29(3)25(22)10-7-20-15-28-12-11-24(20)27(30)31/h5-6,8-9,11-15,17,25H,7,10,16H2,1-4H3,(H,30,31)/t25-/m0/s1. The van der Waals surface area contributed by atoms with Crippen molar-refractivity contribution in [2.75, 3.05) is 14.2 Å². The van der Waals surface area contributed by atoms with Crippen molar-refractivity contribution in [1.29, 1.82) is 0 Å². The Balaban J connectivity index is 1.59. The second-order valence-electron chi connectivity index (χ2n) is 8.84. The predicted molar refractivity (Wildman–Crippen MR) is 126 cm³/mol. The molecule has 0 aliphatic carbocycles. The summed E-state index contributed by atoms with van der Waals surface area (Å²) >= 11 is 0. The molecular formula is C27H30N2O3. The van der Waals surface area contributed by atoms with Gasteiger partial charge in [0.05, 0.1) is 12.7 Å². The molecule has 0 unspecified atom stereocenters. The van der Waals surface area contributed by atoms with Gasteiger partial charge in [-0.05, 0) is 71.8 Å². The minimum Gasteiger partial charge on any atom is -0.496 e. The summed E-state index contributed by atoms with van der Waals surface area (Å²) in [5.74, 6) is 0.454. The Labute approximate surface area is 189 Å². The molecule has 1 aliphatic heterocycles. The minimum absolute atomic E-state index is 0.256. The van der Waals surface area contributed by atoms with Crippen LogP contribution in [0.5, 0.6) is 5.75 Å². The molecule has 0 fully saturated rings. The van der Waals surface area contributed by atoms with Crippen molar-refractivity contribution in [2.24, 2.45) is 0 Å². The van der Waals surface area contributed by atoms with Gasteiger partial charge < -0.3 is 9.84 Å². The molecule has 1 N–H and O–H groups in total. The summed E-state index contributed by atoms with van der Waals surface area (Å²) in [6.45, 7) is 5.24. The van der Waals surface area contributed by atoms with E-state index < -0.39 is 5.97 Å². The first-order chi connectivity index (χ1) is 15.4. The van der Waals surface area contributed by atoms with Crippen molar-refractivity contribution in [1.82, 2.24) is 9.88 Å². The van der Waals surface area contributed by atoms with Crippen LogP contribution in [0.3, 0.4) is 0 Å². The summed E-state index contributed by atoms with van der Waals surface area (Å²) in [4.78, 5) is 18.0. The van der Waals surface area contributed by atoms with E-state index in [2.05, 4.69) is 67.2 Å². The normalized spacial score (nSPS) is 15.7. The molecular weight excluding hydrogens is 400 g/mol. The molecule has 1 aliphatic rings. The molecule has 0 bridgehead atoms. The molecule has 4 rings (SSSR count). The molecule has 0 radical (unpaired) electrons. The van der Waals surface area contributed by atoms with Gasteiger partial charge in [0.15, 0.2) is 0 Å². The lowest BCUT2D eigenvalue weighted by molar-refractivity contribution is 0.0695. The number of pyridine rings is 1. The summed E-state index contributed by atoms with van der Waals surface area (Å²) in [6, 6.07) is 15.0. The van der Waals surface area contributed by atoms with Crippen molar-refractivity contribution in [2.45, 2.75) is 45.2 Å². The maximum Gasteiger partial charge on any atom is 0.336 e. The van der Waals surface area contributed by atoms with Crippen LogP contribution in [0.1, 0.15) is 64.8 Å². The maximum absolute atomic E-state index is 11.5. The molecule has 0 amide bonds. The van der Waals surface area contributed by atoms with Gasteiger partial charge in [-0.1, -0.05) is 38.1 Å². The number of carboxylic acids is 1. The molecule has 2 heterocycles. The third-order valence-electron chi connectivity index (χ3n) is 6.48. The number of rotatable bonds is 7. The van der Waals surface area contributed by atoms with Crippen molar-refractivity contribution >= 4 is 5.97 Å². The van der Waals surface area contributed by atoms with E-state index >= 15 is 0 Å². The lowest BCUT2D eigenvalue weighted by Crippen LogP contribution is -2.17. The number of carboxylic acid groups (broad SMARTS) is 1. The molecule has 5 nitrogen and oxygen atoms in total. The second kappa shape index (κ2) is 9.13. The van der Waals surface area contributed by atoms with E-state index in [0.29, 0.717) is 17.9 Å². The van der Waals surface area contributed by atoms with Crippen molar-refractivity contribution in [3.8, 4) is 16.9 Å². The van der Waals surface area contributed by atoms with E-state index in [9.17, 15) is 9.90 Å². The van der Waals surface area contributed by atoms with Crippen LogP contribution in [0.15, 0.2) is 54.9 Å². The largest absolute Gasteiger partial charge is 0.496 e. The monoisotopic (exact) mass is 430 g/mol. The zero-order chi connectivity index (χ0) is 22.8. The topological polar surface area (TPSA) is 62.7 Å². The van der Waals surface area contributed by atoms with Gasteiger partial charge in [-0.2, -0.15) is 0 Å². The maximum atomic E-state index is 11.5. The third-order valence-corrected chi connectivity index (χ3v) is 6.48. The fourth-order valence-electron chi connectivity index (χ4n) is 4.66. The number of aromatic carboxylic acids is 1. The number of benzene rings is 2. The number of hydrogen-bond acceptors (Lipinski definition) is 4. The highest BCUT2D eigenvalue weighted by atomic mass is 16.5. The van der Waals surface area contributed by atoms with Crippen LogP contribution in [0.2, 0.25) is 0 Å². The number of fused-ring (bicyclic) bond motifs is 1. The number of nitrogens with zero attached hydrogens (tertiary/aromatic N) is 2. The third kappa shape index (κ3) is 4.26. The number of carbonyl (C=O) groups is 1. The van der Waals surface area contributed by atoms with E-state index in [-0.39, 0.29) is 6.04 Å². The lowest BCUT2D eigenvalue weighted by atomic mass is 9.93. The number of aromatic nitrogens is 1. The van der Waals surface area contributed by atoms with Gasteiger partial charge in [0.25, 0.3) is 0 Å². The smallest absolute Gasteiger partial charge is 0.336 e. The van der Waals surface area contributed by atoms with E-state index in [0.717, 1.165) is 35.4 Å². The number of methoxy groups -OCH3 is 1. The Bertz CT molecular complexity index is 1140. The Morgan fingerprint density at radius 2 is 2.03 bits per heavy atom. The van der Waals surface area contributed by atoms with Crippen LogP contribution in [-0.4, -0.2) is 35.1 Å². The zero-order valence-corrected chi connectivity index (χ0v) is 19.1. The second-order valence-corrected chi connectivity index (χ2v) is 8.84.